The van der Waals surface area contributed by atoms with E-state index >= 15 is 0 Å². The summed E-state index contributed by atoms with van der Waals surface area (Å²) in [4.78, 5) is 35.3. The molecule has 3 amide bonds. The third kappa shape index (κ3) is 3.86. The summed E-state index contributed by atoms with van der Waals surface area (Å²) < 4.78 is 1.98. The van der Waals surface area contributed by atoms with Gasteiger partial charge in [-0.2, -0.15) is 0 Å². The summed E-state index contributed by atoms with van der Waals surface area (Å²) in [6, 6.07) is 4.36. The molecule has 160 valence electrons. The Kier molecular flexibility index (Phi) is 5.88. The topological polar surface area (TPSA) is 59.2 Å². The summed E-state index contributed by atoms with van der Waals surface area (Å²) in [7, 11) is 3.17. The molecule has 0 N–H and O–H groups in total. The number of fused-ring (bicyclic) bond motifs is 1. The first-order chi connectivity index (χ1) is 14.3. The van der Waals surface area contributed by atoms with Gasteiger partial charge in [-0.05, 0) is 49.0 Å². The standard InChI is InChI=1S/C21H26Cl2N5O2/c1-13-6-8-27(9-7-13)12-17-24-19-18(20(29)26(3)21(30)25(19)2)28(17)11-14-4-5-15(22)10-16(14)23/h4-5,10,13,18H,6-9,11-12H2,1-3H3/q+1. The number of hydrogen-bond acceptors (Lipinski definition) is 4. The molecule has 30 heavy (non-hydrogen) atoms. The summed E-state index contributed by atoms with van der Waals surface area (Å²) in [5.41, 5.74) is 0.859. The second-order valence-corrected chi connectivity index (χ2v) is 9.19. The summed E-state index contributed by atoms with van der Waals surface area (Å²) in [6.45, 7) is 5.32. The lowest BCUT2D eigenvalue weighted by molar-refractivity contribution is -0.552. The first-order valence-corrected chi connectivity index (χ1v) is 10.9. The number of carbonyl (C=O) groups is 2. The molecule has 7 nitrogen and oxygen atoms in total. The van der Waals surface area contributed by atoms with E-state index in [0.717, 1.165) is 48.1 Å². The molecule has 1 aromatic carbocycles. The van der Waals surface area contributed by atoms with Crippen LogP contribution in [0, 0.1) is 5.92 Å². The van der Waals surface area contributed by atoms with Crippen molar-refractivity contribution in [1.82, 2.24) is 14.7 Å². The van der Waals surface area contributed by atoms with Crippen molar-refractivity contribution >= 4 is 46.8 Å². The lowest BCUT2D eigenvalue weighted by Gasteiger charge is -2.31. The lowest BCUT2D eigenvalue weighted by Crippen LogP contribution is -2.61. The molecule has 3 heterocycles. The Bertz CT molecular complexity index is 953. The van der Waals surface area contributed by atoms with Crippen LogP contribution in [-0.2, 0) is 11.3 Å². The third-order valence-electron chi connectivity index (χ3n) is 6.21. The van der Waals surface area contributed by atoms with Crippen molar-refractivity contribution < 1.29 is 14.2 Å². The predicted octanol–water partition coefficient (Wildman–Crippen LogP) is 2.94. The zero-order valence-electron chi connectivity index (χ0n) is 17.4. The van der Waals surface area contributed by atoms with Crippen LogP contribution >= 0.6 is 23.2 Å². The van der Waals surface area contributed by atoms with Crippen LogP contribution in [0.25, 0.3) is 0 Å². The maximum Gasteiger partial charge on any atom is 0.333 e. The predicted molar refractivity (Wildman–Crippen MR) is 117 cm³/mol. The zero-order valence-corrected chi connectivity index (χ0v) is 18.9. The van der Waals surface area contributed by atoms with Crippen LogP contribution in [0.15, 0.2) is 23.2 Å². The van der Waals surface area contributed by atoms with Crippen molar-refractivity contribution in [2.75, 3.05) is 33.7 Å². The Hall–Kier alpha value is -1.96. The van der Waals surface area contributed by atoms with Crippen molar-refractivity contribution in [1.29, 1.82) is 0 Å². The number of hydrogen-bond donors (Lipinski definition) is 0. The van der Waals surface area contributed by atoms with Crippen molar-refractivity contribution in [2.45, 2.75) is 32.4 Å². The lowest BCUT2D eigenvalue weighted by atomic mass is 9.99. The van der Waals surface area contributed by atoms with E-state index in [4.69, 9.17) is 28.2 Å². The van der Waals surface area contributed by atoms with Gasteiger partial charge < -0.3 is 0 Å². The molecule has 4 rings (SSSR count). The summed E-state index contributed by atoms with van der Waals surface area (Å²) in [5.74, 6) is 1.73. The SMILES string of the molecule is CC1CCN(CC2=[N+](Cc3ccc(Cl)cc3Cl)C3C(=O)N(C)C(=O)N(C)C3=N2)CC1. The van der Waals surface area contributed by atoms with Crippen LogP contribution in [0.2, 0.25) is 10.0 Å². The molecule has 3 aliphatic rings. The van der Waals surface area contributed by atoms with Crippen LogP contribution < -0.4 is 0 Å². The minimum atomic E-state index is -0.636. The fourth-order valence-electron chi connectivity index (χ4n) is 4.21. The van der Waals surface area contributed by atoms with Crippen LogP contribution in [-0.4, -0.2) is 82.7 Å². The Labute approximate surface area is 186 Å². The minimum absolute atomic E-state index is 0.274. The first kappa shape index (κ1) is 21.3. The van der Waals surface area contributed by atoms with Gasteiger partial charge >= 0.3 is 11.9 Å². The van der Waals surface area contributed by atoms with E-state index in [0.29, 0.717) is 29.0 Å². The van der Waals surface area contributed by atoms with Crippen LogP contribution in [0.5, 0.6) is 0 Å². The van der Waals surface area contributed by atoms with Gasteiger partial charge in [0.15, 0.2) is 0 Å². The van der Waals surface area contributed by atoms with Gasteiger partial charge in [-0.15, -0.1) is 0 Å². The van der Waals surface area contributed by atoms with Crippen LogP contribution in [0.1, 0.15) is 25.3 Å². The molecular weight excluding hydrogens is 425 g/mol. The van der Waals surface area contributed by atoms with Gasteiger partial charge in [0.1, 0.15) is 13.1 Å². The average Bonchev–Trinajstić information content (AvgIpc) is 3.06. The van der Waals surface area contributed by atoms with E-state index in [1.165, 1.54) is 11.9 Å². The highest BCUT2D eigenvalue weighted by atomic mass is 35.5. The second-order valence-electron chi connectivity index (χ2n) is 8.35. The number of piperidine rings is 1. The number of likely N-dealkylation sites (tertiary alicyclic amines) is 1. The Morgan fingerprint density at radius 1 is 1.13 bits per heavy atom. The Morgan fingerprint density at radius 2 is 1.83 bits per heavy atom. The molecule has 0 aliphatic carbocycles. The fraction of sp³-hybridized carbons (Fsp3) is 0.524. The van der Waals surface area contributed by atoms with E-state index in [-0.39, 0.29) is 11.9 Å². The first-order valence-electron chi connectivity index (χ1n) is 10.2. The number of urea groups is 1. The van der Waals surface area contributed by atoms with Gasteiger partial charge in [-0.3, -0.25) is 19.5 Å². The van der Waals surface area contributed by atoms with Crippen LogP contribution in [0.4, 0.5) is 4.79 Å². The maximum atomic E-state index is 13.1. The summed E-state index contributed by atoms with van der Waals surface area (Å²) in [5, 5.41) is 1.11. The number of halogens is 2. The fourth-order valence-corrected chi connectivity index (χ4v) is 4.68. The molecule has 2 fully saturated rings. The average molecular weight is 451 g/mol. The maximum absolute atomic E-state index is 13.1. The van der Waals surface area contributed by atoms with E-state index in [9.17, 15) is 9.59 Å². The van der Waals surface area contributed by atoms with Gasteiger partial charge in [0.05, 0.1) is 0 Å². The molecule has 0 aromatic heterocycles. The van der Waals surface area contributed by atoms with E-state index in [1.54, 1.807) is 19.2 Å². The van der Waals surface area contributed by atoms with Crippen molar-refractivity contribution in [3.8, 4) is 0 Å². The number of nitrogens with zero attached hydrogens (tertiary/aromatic N) is 5. The Balaban J connectivity index is 1.70. The highest BCUT2D eigenvalue weighted by molar-refractivity contribution is 6.35. The largest absolute Gasteiger partial charge is 0.333 e. The quantitative estimate of drug-likeness (QED) is 0.662. The van der Waals surface area contributed by atoms with E-state index in [1.807, 2.05) is 10.6 Å². The Morgan fingerprint density at radius 3 is 2.50 bits per heavy atom. The smallest absolute Gasteiger partial charge is 0.292 e. The number of carbonyl (C=O) groups excluding carboxylic acids is 2. The number of benzene rings is 1. The van der Waals surface area contributed by atoms with Gasteiger partial charge in [-0.1, -0.05) is 36.2 Å². The number of amidine groups is 2. The second kappa shape index (κ2) is 8.29. The van der Waals surface area contributed by atoms with E-state index < -0.39 is 6.04 Å². The van der Waals surface area contributed by atoms with Crippen molar-refractivity contribution in [2.24, 2.45) is 10.9 Å². The molecular formula is C21H26Cl2N5O2+. The van der Waals surface area contributed by atoms with Gasteiger partial charge in [0, 0.05) is 29.7 Å². The zero-order chi connectivity index (χ0) is 21.6. The normalized spacial score (nSPS) is 23.4. The minimum Gasteiger partial charge on any atom is -0.292 e. The summed E-state index contributed by atoms with van der Waals surface area (Å²) in [6.07, 6.45) is 2.30. The molecule has 9 heteroatoms. The van der Waals surface area contributed by atoms with Crippen molar-refractivity contribution in [3.05, 3.63) is 33.8 Å². The summed E-state index contributed by atoms with van der Waals surface area (Å²) >= 11 is 12.5. The molecule has 0 saturated carbocycles. The third-order valence-corrected chi connectivity index (χ3v) is 6.80. The highest BCUT2D eigenvalue weighted by Gasteiger charge is 2.53. The molecule has 2 saturated heterocycles. The van der Waals surface area contributed by atoms with E-state index in [2.05, 4.69) is 11.8 Å². The number of imide groups is 1. The molecule has 3 aliphatic heterocycles. The molecule has 0 radical (unpaired) electrons. The molecule has 1 atom stereocenters. The molecule has 0 spiro atoms. The van der Waals surface area contributed by atoms with Gasteiger partial charge in [0.25, 0.3) is 17.8 Å². The van der Waals surface area contributed by atoms with Crippen molar-refractivity contribution in [3.63, 3.8) is 0 Å². The van der Waals surface area contributed by atoms with Crippen LogP contribution in [0.3, 0.4) is 0 Å². The molecule has 0 bridgehead atoms. The monoisotopic (exact) mass is 450 g/mol. The number of amides is 3. The van der Waals surface area contributed by atoms with Gasteiger partial charge in [0.2, 0.25) is 0 Å². The molecule has 1 unspecified atom stereocenters. The molecule has 1 aromatic rings. The number of likely N-dealkylation sites (N-methyl/N-ethyl adjacent to an activating group) is 2. The van der Waals surface area contributed by atoms with Gasteiger partial charge in [-0.25, -0.2) is 9.37 Å². The number of rotatable bonds is 4. The highest BCUT2D eigenvalue weighted by Crippen LogP contribution is 2.26. The number of aliphatic imine (C=N–C) groups is 1.